The molecule has 0 unspecified atom stereocenters. The molecule has 0 aliphatic heterocycles. The zero-order valence-corrected chi connectivity index (χ0v) is 16.0. The molecule has 0 spiro atoms. The fourth-order valence-electron chi connectivity index (χ4n) is 3.26. The second-order valence-corrected chi connectivity index (χ2v) is 7.87. The van der Waals surface area contributed by atoms with E-state index in [0.29, 0.717) is 27.2 Å². The first-order valence-corrected chi connectivity index (χ1v) is 10.1. The van der Waals surface area contributed by atoms with E-state index in [2.05, 4.69) is 10.2 Å². The summed E-state index contributed by atoms with van der Waals surface area (Å²) < 4.78 is 32.4. The minimum Gasteiger partial charge on any atom is -0.506 e. The van der Waals surface area contributed by atoms with Crippen LogP contribution in [0.25, 0.3) is 21.5 Å². The van der Waals surface area contributed by atoms with Gasteiger partial charge < -0.3 is 10.2 Å². The Kier molecular flexibility index (Phi) is 4.69. The van der Waals surface area contributed by atoms with Crippen LogP contribution >= 0.6 is 0 Å². The number of carboxylic acid groups (broad SMARTS) is 1. The number of carbonyl (C=O) groups is 1. The Hall–Kier alpha value is -3.82. The topological polar surface area (TPSA) is 137 Å². The molecule has 3 N–H and O–H groups in total. The van der Waals surface area contributed by atoms with Crippen molar-refractivity contribution in [3.8, 4) is 5.75 Å². The van der Waals surface area contributed by atoms with Crippen molar-refractivity contribution < 1.29 is 28.0 Å². The molecule has 0 saturated heterocycles. The smallest absolute Gasteiger partial charge is 0.336 e. The molecule has 0 bridgehead atoms. The number of azo groups is 1. The Bertz CT molecular complexity index is 1460. The lowest BCUT2D eigenvalue weighted by Crippen LogP contribution is -1.98. The van der Waals surface area contributed by atoms with Gasteiger partial charge in [-0.1, -0.05) is 42.5 Å². The van der Waals surface area contributed by atoms with Crippen molar-refractivity contribution in [1.29, 1.82) is 0 Å². The van der Waals surface area contributed by atoms with Gasteiger partial charge in [0.2, 0.25) is 0 Å². The van der Waals surface area contributed by atoms with Gasteiger partial charge in [0.25, 0.3) is 10.1 Å². The summed E-state index contributed by atoms with van der Waals surface area (Å²) >= 11 is 0. The van der Waals surface area contributed by atoms with Crippen molar-refractivity contribution >= 4 is 49.0 Å². The van der Waals surface area contributed by atoms with Gasteiger partial charge >= 0.3 is 5.97 Å². The number of benzene rings is 4. The fourth-order valence-corrected chi connectivity index (χ4v) is 3.98. The van der Waals surface area contributed by atoms with Gasteiger partial charge in [0.1, 0.15) is 16.3 Å². The average molecular weight is 422 g/mol. The summed E-state index contributed by atoms with van der Waals surface area (Å²) in [6.45, 7) is 0. The van der Waals surface area contributed by atoms with Crippen LogP contribution in [0.5, 0.6) is 5.75 Å². The lowest BCUT2D eigenvalue weighted by molar-refractivity contribution is 0.0698. The van der Waals surface area contributed by atoms with Crippen LogP contribution in [-0.4, -0.2) is 29.2 Å². The maximum absolute atomic E-state index is 11.5. The minimum atomic E-state index is -4.37. The Labute approximate surface area is 170 Å². The number of carboxylic acids is 1. The van der Waals surface area contributed by atoms with Crippen molar-refractivity contribution in [2.24, 2.45) is 10.2 Å². The van der Waals surface area contributed by atoms with E-state index >= 15 is 0 Å². The van der Waals surface area contributed by atoms with E-state index in [9.17, 15) is 28.0 Å². The second-order valence-electron chi connectivity index (χ2n) is 6.48. The standard InChI is InChI=1S/C21H14N2O6S/c24-18-11-17(21(25)26)15-5-1-2-6-16(15)20(18)23-22-13-8-9-14-12(10-13)4-3-7-19(14)30(27,28)29/h1-11,24H,(H,25,26)(H,27,28,29). The summed E-state index contributed by atoms with van der Waals surface area (Å²) in [5.41, 5.74) is 0.439. The predicted octanol–water partition coefficient (Wildman–Crippen LogP) is 5.06. The number of hydrogen-bond acceptors (Lipinski definition) is 6. The van der Waals surface area contributed by atoms with Gasteiger partial charge in [-0.05, 0) is 35.0 Å². The quantitative estimate of drug-likeness (QED) is 0.311. The molecule has 4 aromatic rings. The third kappa shape index (κ3) is 3.47. The zero-order valence-electron chi connectivity index (χ0n) is 15.2. The van der Waals surface area contributed by atoms with E-state index in [1.807, 2.05) is 0 Å². The third-order valence-electron chi connectivity index (χ3n) is 4.59. The maximum atomic E-state index is 11.5. The van der Waals surface area contributed by atoms with Crippen molar-refractivity contribution in [2.75, 3.05) is 0 Å². The number of phenolic OH excluding ortho intramolecular Hbond substituents is 1. The molecule has 8 nitrogen and oxygen atoms in total. The predicted molar refractivity (Wildman–Crippen MR) is 111 cm³/mol. The van der Waals surface area contributed by atoms with Crippen molar-refractivity contribution in [3.05, 3.63) is 72.3 Å². The van der Waals surface area contributed by atoms with Gasteiger partial charge in [-0.3, -0.25) is 4.55 Å². The van der Waals surface area contributed by atoms with Crippen molar-refractivity contribution in [2.45, 2.75) is 4.90 Å². The number of fused-ring (bicyclic) bond motifs is 2. The minimum absolute atomic E-state index is 0.0505. The van der Waals surface area contributed by atoms with Gasteiger partial charge in [0, 0.05) is 10.8 Å². The molecule has 0 amide bonds. The third-order valence-corrected chi connectivity index (χ3v) is 5.51. The summed E-state index contributed by atoms with van der Waals surface area (Å²) in [4.78, 5) is 11.2. The molecule has 150 valence electrons. The first kappa shape index (κ1) is 19.5. The van der Waals surface area contributed by atoms with Crippen LogP contribution in [0.4, 0.5) is 11.4 Å². The molecule has 30 heavy (non-hydrogen) atoms. The zero-order chi connectivity index (χ0) is 21.5. The second kappa shape index (κ2) is 7.21. The number of hydrogen-bond donors (Lipinski definition) is 3. The molecule has 0 aromatic heterocycles. The first-order chi connectivity index (χ1) is 14.3. The van der Waals surface area contributed by atoms with E-state index in [0.717, 1.165) is 6.07 Å². The fraction of sp³-hybridized carbons (Fsp3) is 0. The normalized spacial score (nSPS) is 12.0. The summed E-state index contributed by atoms with van der Waals surface area (Å²) in [5.74, 6) is -1.50. The summed E-state index contributed by atoms with van der Waals surface area (Å²) in [6.07, 6.45) is 0. The molecular formula is C21H14N2O6S. The molecule has 0 aliphatic carbocycles. The van der Waals surface area contributed by atoms with Crippen LogP contribution in [0.15, 0.2) is 81.9 Å². The lowest BCUT2D eigenvalue weighted by Gasteiger charge is -2.08. The molecule has 9 heteroatoms. The SMILES string of the molecule is O=C(O)c1cc(O)c(N=Nc2ccc3c(S(=O)(=O)O)cccc3c2)c2ccccc12. The highest BCUT2D eigenvalue weighted by Crippen LogP contribution is 2.38. The highest BCUT2D eigenvalue weighted by atomic mass is 32.2. The maximum Gasteiger partial charge on any atom is 0.336 e. The molecule has 4 rings (SSSR count). The molecule has 0 atom stereocenters. The van der Waals surface area contributed by atoms with E-state index in [4.69, 9.17) is 0 Å². The Morgan fingerprint density at radius 1 is 0.833 bits per heavy atom. The van der Waals surface area contributed by atoms with Gasteiger partial charge in [-0.15, -0.1) is 5.11 Å². The van der Waals surface area contributed by atoms with Gasteiger partial charge in [-0.2, -0.15) is 13.5 Å². The number of rotatable bonds is 4. The van der Waals surface area contributed by atoms with Crippen LogP contribution in [0.3, 0.4) is 0 Å². The Morgan fingerprint density at radius 3 is 2.27 bits per heavy atom. The van der Waals surface area contributed by atoms with E-state index in [1.54, 1.807) is 36.4 Å². The number of nitrogens with zero attached hydrogens (tertiary/aromatic N) is 2. The molecule has 0 saturated carbocycles. The Balaban J connectivity index is 1.82. The molecule has 0 radical (unpaired) electrons. The van der Waals surface area contributed by atoms with E-state index in [1.165, 1.54) is 24.3 Å². The largest absolute Gasteiger partial charge is 0.506 e. The number of aromatic carboxylic acids is 1. The van der Waals surface area contributed by atoms with E-state index in [-0.39, 0.29) is 21.9 Å². The monoisotopic (exact) mass is 422 g/mol. The summed E-state index contributed by atoms with van der Waals surface area (Å²) in [6, 6.07) is 16.8. The van der Waals surface area contributed by atoms with Crippen LogP contribution in [0, 0.1) is 0 Å². The van der Waals surface area contributed by atoms with Crippen molar-refractivity contribution in [3.63, 3.8) is 0 Å². The number of aromatic hydroxyl groups is 1. The molecule has 0 fully saturated rings. The van der Waals surface area contributed by atoms with Gasteiger partial charge in [0.15, 0.2) is 0 Å². The molecular weight excluding hydrogens is 408 g/mol. The van der Waals surface area contributed by atoms with Crippen LogP contribution in [0.2, 0.25) is 0 Å². The first-order valence-electron chi connectivity index (χ1n) is 8.66. The van der Waals surface area contributed by atoms with E-state index < -0.39 is 16.1 Å². The molecule has 0 heterocycles. The number of phenols is 1. The summed E-state index contributed by atoms with van der Waals surface area (Å²) in [5, 5.41) is 29.6. The molecule has 0 aliphatic rings. The van der Waals surface area contributed by atoms with Crippen LogP contribution in [-0.2, 0) is 10.1 Å². The Morgan fingerprint density at radius 2 is 1.57 bits per heavy atom. The van der Waals surface area contributed by atoms with Crippen LogP contribution in [0.1, 0.15) is 10.4 Å². The molecule has 4 aromatic carbocycles. The van der Waals surface area contributed by atoms with Crippen LogP contribution < -0.4 is 0 Å². The van der Waals surface area contributed by atoms with Crippen molar-refractivity contribution in [1.82, 2.24) is 0 Å². The van der Waals surface area contributed by atoms with Gasteiger partial charge in [-0.25, -0.2) is 4.79 Å². The van der Waals surface area contributed by atoms with Gasteiger partial charge in [0.05, 0.1) is 11.3 Å². The summed E-state index contributed by atoms with van der Waals surface area (Å²) in [7, 11) is -4.37. The average Bonchev–Trinajstić information content (AvgIpc) is 2.71. The highest BCUT2D eigenvalue weighted by molar-refractivity contribution is 7.86. The highest BCUT2D eigenvalue weighted by Gasteiger charge is 2.16. The lowest BCUT2D eigenvalue weighted by atomic mass is 10.0.